The van der Waals surface area contributed by atoms with E-state index < -0.39 is 0 Å². The van der Waals surface area contributed by atoms with Crippen LogP contribution in [0.4, 0.5) is 5.88 Å². The maximum atomic E-state index is 12.4. The second-order valence-electron chi connectivity index (χ2n) is 5.14. The number of carbonyl (C=O) groups is 1. The van der Waals surface area contributed by atoms with Crippen molar-refractivity contribution in [3.05, 3.63) is 23.5 Å². The molecule has 0 aromatic carbocycles. The quantitative estimate of drug-likeness (QED) is 0.897. The number of rotatable bonds is 3. The summed E-state index contributed by atoms with van der Waals surface area (Å²) in [7, 11) is 0. The molecule has 0 spiro atoms. The van der Waals surface area contributed by atoms with Crippen molar-refractivity contribution in [1.29, 1.82) is 0 Å². The Labute approximate surface area is 116 Å². The standard InChI is InChI=1S/C14H17N3O3/c1-8-6-7-10(19-8)12-11(13(15)20-17-12)14(18)16-9-4-2-3-5-9/h6-7,9H,2-5,15H2,1H3,(H,16,18). The van der Waals surface area contributed by atoms with Gasteiger partial charge in [0.1, 0.15) is 11.3 Å². The number of nitrogens with one attached hydrogen (secondary N) is 1. The molecular formula is C14H17N3O3. The van der Waals surface area contributed by atoms with Crippen molar-refractivity contribution >= 4 is 11.8 Å². The number of anilines is 1. The Hall–Kier alpha value is -2.24. The fourth-order valence-electron chi connectivity index (χ4n) is 2.58. The largest absolute Gasteiger partial charge is 0.460 e. The summed E-state index contributed by atoms with van der Waals surface area (Å²) in [5, 5.41) is 6.82. The minimum Gasteiger partial charge on any atom is -0.460 e. The van der Waals surface area contributed by atoms with Gasteiger partial charge >= 0.3 is 0 Å². The van der Waals surface area contributed by atoms with E-state index in [1.165, 1.54) is 0 Å². The number of nitrogens with zero attached hydrogens (tertiary/aromatic N) is 1. The summed E-state index contributed by atoms with van der Waals surface area (Å²) in [6.07, 6.45) is 4.31. The highest BCUT2D eigenvalue weighted by molar-refractivity contribution is 6.03. The van der Waals surface area contributed by atoms with Gasteiger partial charge in [-0.3, -0.25) is 4.79 Å². The Bertz CT molecular complexity index is 623. The highest BCUT2D eigenvalue weighted by Gasteiger charge is 2.27. The Morgan fingerprint density at radius 2 is 2.15 bits per heavy atom. The minimum absolute atomic E-state index is 0.0181. The van der Waals surface area contributed by atoms with Gasteiger partial charge in [-0.1, -0.05) is 18.0 Å². The Kier molecular flexibility index (Phi) is 3.22. The molecule has 6 heteroatoms. The van der Waals surface area contributed by atoms with E-state index in [-0.39, 0.29) is 23.4 Å². The number of aryl methyl sites for hydroxylation is 1. The molecule has 0 unspecified atom stereocenters. The monoisotopic (exact) mass is 275 g/mol. The molecule has 0 atom stereocenters. The zero-order valence-electron chi connectivity index (χ0n) is 11.3. The molecule has 2 aromatic rings. The predicted molar refractivity (Wildman–Crippen MR) is 73.1 cm³/mol. The second-order valence-corrected chi connectivity index (χ2v) is 5.14. The van der Waals surface area contributed by atoms with Gasteiger partial charge in [0.15, 0.2) is 11.5 Å². The van der Waals surface area contributed by atoms with Gasteiger partial charge < -0.3 is 20.0 Å². The van der Waals surface area contributed by atoms with Gasteiger partial charge in [-0.2, -0.15) is 0 Å². The number of nitrogens with two attached hydrogens (primary N) is 1. The van der Waals surface area contributed by atoms with Gasteiger partial charge in [-0.15, -0.1) is 0 Å². The van der Waals surface area contributed by atoms with Crippen molar-refractivity contribution in [1.82, 2.24) is 10.5 Å². The zero-order chi connectivity index (χ0) is 14.1. The first-order valence-corrected chi connectivity index (χ1v) is 6.78. The molecule has 20 heavy (non-hydrogen) atoms. The normalized spacial score (nSPS) is 15.7. The number of aromatic nitrogens is 1. The summed E-state index contributed by atoms with van der Waals surface area (Å²) in [4.78, 5) is 12.4. The maximum absolute atomic E-state index is 12.4. The highest BCUT2D eigenvalue weighted by atomic mass is 16.5. The molecule has 2 aromatic heterocycles. The van der Waals surface area contributed by atoms with Gasteiger partial charge in [0.25, 0.3) is 5.91 Å². The number of furan rings is 1. The van der Waals surface area contributed by atoms with Crippen molar-refractivity contribution < 1.29 is 13.7 Å². The molecule has 2 heterocycles. The van der Waals surface area contributed by atoms with E-state index in [4.69, 9.17) is 14.7 Å². The molecule has 6 nitrogen and oxygen atoms in total. The molecule has 106 valence electrons. The lowest BCUT2D eigenvalue weighted by Crippen LogP contribution is -2.33. The third kappa shape index (κ3) is 2.29. The summed E-state index contributed by atoms with van der Waals surface area (Å²) < 4.78 is 10.4. The van der Waals surface area contributed by atoms with E-state index in [1.54, 1.807) is 12.1 Å². The van der Waals surface area contributed by atoms with Crippen molar-refractivity contribution in [3.8, 4) is 11.5 Å². The van der Waals surface area contributed by atoms with Crippen molar-refractivity contribution in [2.75, 3.05) is 5.73 Å². The molecule has 1 aliphatic carbocycles. The minimum atomic E-state index is -0.250. The van der Waals surface area contributed by atoms with Crippen LogP contribution >= 0.6 is 0 Å². The number of hydrogen-bond acceptors (Lipinski definition) is 5. The molecule has 3 N–H and O–H groups in total. The summed E-state index contributed by atoms with van der Waals surface area (Å²) in [5.41, 5.74) is 6.34. The molecule has 1 saturated carbocycles. The lowest BCUT2D eigenvalue weighted by Gasteiger charge is -2.11. The summed E-state index contributed by atoms with van der Waals surface area (Å²) >= 11 is 0. The lowest BCUT2D eigenvalue weighted by molar-refractivity contribution is 0.0939. The molecule has 3 rings (SSSR count). The SMILES string of the molecule is Cc1ccc(-c2noc(N)c2C(=O)NC2CCCC2)o1. The van der Waals surface area contributed by atoms with E-state index in [1.807, 2.05) is 6.92 Å². The molecule has 1 aliphatic rings. The topological polar surface area (TPSA) is 94.3 Å². The van der Waals surface area contributed by atoms with Crippen molar-refractivity contribution in [2.45, 2.75) is 38.6 Å². The van der Waals surface area contributed by atoms with Crippen LogP contribution in [0.25, 0.3) is 11.5 Å². The smallest absolute Gasteiger partial charge is 0.259 e. The number of nitrogen functional groups attached to an aromatic ring is 1. The van der Waals surface area contributed by atoms with Crippen LogP contribution in [0.15, 0.2) is 21.1 Å². The van der Waals surface area contributed by atoms with Crippen LogP contribution in [0.3, 0.4) is 0 Å². The Balaban J connectivity index is 1.88. The first-order chi connectivity index (χ1) is 9.65. The first-order valence-electron chi connectivity index (χ1n) is 6.78. The van der Waals surface area contributed by atoms with E-state index >= 15 is 0 Å². The van der Waals surface area contributed by atoms with Crippen LogP contribution < -0.4 is 11.1 Å². The Morgan fingerprint density at radius 3 is 2.80 bits per heavy atom. The summed E-state index contributed by atoms with van der Waals surface area (Å²) in [6.45, 7) is 1.82. The van der Waals surface area contributed by atoms with Crippen LogP contribution in [-0.2, 0) is 0 Å². The van der Waals surface area contributed by atoms with Gasteiger partial charge in [0.05, 0.1) is 0 Å². The molecule has 0 aliphatic heterocycles. The molecule has 0 bridgehead atoms. The van der Waals surface area contributed by atoms with E-state index in [9.17, 15) is 4.79 Å². The van der Waals surface area contributed by atoms with Crippen molar-refractivity contribution in [2.24, 2.45) is 0 Å². The number of carbonyl (C=O) groups excluding carboxylic acids is 1. The van der Waals surface area contributed by atoms with Crippen molar-refractivity contribution in [3.63, 3.8) is 0 Å². The molecule has 1 fully saturated rings. The fourth-order valence-corrected chi connectivity index (χ4v) is 2.58. The summed E-state index contributed by atoms with van der Waals surface area (Å²) in [5.74, 6) is 0.993. The highest BCUT2D eigenvalue weighted by Crippen LogP contribution is 2.29. The van der Waals surface area contributed by atoms with Gasteiger partial charge in [0, 0.05) is 6.04 Å². The average molecular weight is 275 g/mol. The Morgan fingerprint density at radius 1 is 1.40 bits per heavy atom. The third-order valence-corrected chi connectivity index (χ3v) is 3.61. The maximum Gasteiger partial charge on any atom is 0.259 e. The molecular weight excluding hydrogens is 258 g/mol. The zero-order valence-corrected chi connectivity index (χ0v) is 11.3. The van der Waals surface area contributed by atoms with Crippen LogP contribution in [-0.4, -0.2) is 17.1 Å². The molecule has 0 saturated heterocycles. The second kappa shape index (κ2) is 5.03. The van der Waals surface area contributed by atoms with Gasteiger partial charge in [-0.05, 0) is 31.9 Å². The first kappa shape index (κ1) is 12.8. The average Bonchev–Trinajstić information content (AvgIpc) is 3.10. The molecule has 0 radical (unpaired) electrons. The van der Waals surface area contributed by atoms with E-state index in [2.05, 4.69) is 10.5 Å². The van der Waals surface area contributed by atoms with Gasteiger partial charge in [0.2, 0.25) is 5.88 Å². The van der Waals surface area contributed by atoms with E-state index in [0.29, 0.717) is 11.5 Å². The van der Waals surface area contributed by atoms with E-state index in [0.717, 1.165) is 31.4 Å². The van der Waals surface area contributed by atoms with Crippen LogP contribution in [0, 0.1) is 6.92 Å². The predicted octanol–water partition coefficient (Wildman–Crippen LogP) is 2.50. The number of hydrogen-bond donors (Lipinski definition) is 2. The van der Waals surface area contributed by atoms with Crippen LogP contribution in [0.5, 0.6) is 0 Å². The summed E-state index contributed by atoms with van der Waals surface area (Å²) in [6, 6.07) is 3.76. The van der Waals surface area contributed by atoms with Gasteiger partial charge in [-0.25, -0.2) is 0 Å². The van der Waals surface area contributed by atoms with Crippen LogP contribution in [0.2, 0.25) is 0 Å². The molecule has 1 amide bonds. The number of amides is 1. The fraction of sp³-hybridized carbons (Fsp3) is 0.429. The van der Waals surface area contributed by atoms with Crippen LogP contribution in [0.1, 0.15) is 41.8 Å². The third-order valence-electron chi connectivity index (χ3n) is 3.61. The lowest BCUT2D eigenvalue weighted by atomic mass is 10.1.